The molecule has 0 unspecified atom stereocenters. The molecule has 3 aromatic rings. The highest BCUT2D eigenvalue weighted by Gasteiger charge is 2.13. The first-order valence-corrected chi connectivity index (χ1v) is 13.2. The van der Waals surface area contributed by atoms with Crippen molar-refractivity contribution in [3.63, 3.8) is 0 Å². The van der Waals surface area contributed by atoms with Crippen LogP contribution in [0.15, 0.2) is 48.5 Å². The molecule has 0 bridgehead atoms. The van der Waals surface area contributed by atoms with Crippen LogP contribution in [0.2, 0.25) is 0 Å². The number of nitrogens with one attached hydrogen (secondary N) is 2. The summed E-state index contributed by atoms with van der Waals surface area (Å²) in [6, 6.07) is 15.1. The number of hydrogen-bond acceptors (Lipinski definition) is 6. The molecule has 9 heteroatoms. The number of nitrogens with zero attached hydrogens (tertiary/aromatic N) is 1. The van der Waals surface area contributed by atoms with E-state index in [1.54, 1.807) is 49.1 Å². The van der Waals surface area contributed by atoms with Gasteiger partial charge in [0.15, 0.2) is 0 Å². The van der Waals surface area contributed by atoms with Crippen LogP contribution >= 0.6 is 23.1 Å². The number of aromatic nitrogens is 1. The Kier molecular flexibility index (Phi) is 7.87. The van der Waals surface area contributed by atoms with Crippen LogP contribution in [0.1, 0.15) is 30.0 Å². The fraction of sp³-hybridized carbons (Fsp3) is 0.333. The van der Waals surface area contributed by atoms with Crippen LogP contribution in [0, 0.1) is 0 Å². The minimum Gasteiger partial charge on any atom is -0.351 e. The lowest BCUT2D eigenvalue weighted by Crippen LogP contribution is -2.31. The van der Waals surface area contributed by atoms with Crippen molar-refractivity contribution in [1.29, 1.82) is 0 Å². The van der Waals surface area contributed by atoms with Crippen molar-refractivity contribution >= 4 is 49.2 Å². The number of carbonyl (C=O) groups is 1. The first-order valence-electron chi connectivity index (χ1n) is 9.57. The summed E-state index contributed by atoms with van der Waals surface area (Å²) in [4.78, 5) is 16.7. The lowest BCUT2D eigenvalue weighted by Gasteiger charge is -2.10. The summed E-state index contributed by atoms with van der Waals surface area (Å²) in [7, 11) is -3.34. The van der Waals surface area contributed by atoms with Gasteiger partial charge in [-0.1, -0.05) is 36.4 Å². The van der Waals surface area contributed by atoms with Crippen LogP contribution in [-0.4, -0.2) is 31.1 Å². The molecule has 0 saturated heterocycles. The van der Waals surface area contributed by atoms with Crippen LogP contribution in [-0.2, 0) is 32.9 Å². The Morgan fingerprint density at radius 2 is 1.80 bits per heavy atom. The van der Waals surface area contributed by atoms with E-state index in [4.69, 9.17) is 0 Å². The summed E-state index contributed by atoms with van der Waals surface area (Å²) in [5, 5.41) is 3.92. The van der Waals surface area contributed by atoms with Crippen molar-refractivity contribution in [2.45, 2.75) is 37.9 Å². The second-order valence-electron chi connectivity index (χ2n) is 7.19. The van der Waals surface area contributed by atoms with Gasteiger partial charge in [-0.2, -0.15) is 0 Å². The second kappa shape index (κ2) is 10.4. The minimum absolute atomic E-state index is 0.0334. The third-order valence-corrected chi connectivity index (χ3v) is 7.79. The highest BCUT2D eigenvalue weighted by atomic mass is 32.2. The number of thioether (sulfide) groups is 1. The minimum atomic E-state index is -3.34. The first kappa shape index (κ1) is 22.7. The summed E-state index contributed by atoms with van der Waals surface area (Å²) in [6.07, 6.45) is 0. The molecule has 2 aromatic carbocycles. The Morgan fingerprint density at radius 1 is 1.10 bits per heavy atom. The second-order valence-corrected chi connectivity index (χ2v) is 11.0. The summed E-state index contributed by atoms with van der Waals surface area (Å²) in [5.74, 6) is 0.988. The molecular weight excluding hydrogens is 438 g/mol. The van der Waals surface area contributed by atoms with Gasteiger partial charge in [-0.3, -0.25) is 4.79 Å². The zero-order valence-corrected chi connectivity index (χ0v) is 19.4. The van der Waals surface area contributed by atoms with Crippen LogP contribution < -0.4 is 10.0 Å². The molecule has 6 nitrogen and oxygen atoms in total. The van der Waals surface area contributed by atoms with Gasteiger partial charge in [-0.05, 0) is 37.1 Å². The smallest absolute Gasteiger partial charge is 0.230 e. The predicted octanol–water partition coefficient (Wildman–Crippen LogP) is 3.67. The number of thiazole rings is 1. The Bertz CT molecular complexity index is 1060. The molecule has 0 aliphatic rings. The van der Waals surface area contributed by atoms with Gasteiger partial charge < -0.3 is 5.32 Å². The van der Waals surface area contributed by atoms with E-state index in [1.807, 2.05) is 30.3 Å². The molecule has 0 radical (unpaired) electrons. The van der Waals surface area contributed by atoms with Gasteiger partial charge >= 0.3 is 0 Å². The zero-order valence-electron chi connectivity index (χ0n) is 16.9. The number of hydrogen-bond donors (Lipinski definition) is 2. The first-order chi connectivity index (χ1) is 14.3. The number of carbonyl (C=O) groups excluding carboxylic acids is 1. The average Bonchev–Trinajstić information content (AvgIpc) is 3.09. The zero-order chi connectivity index (χ0) is 21.6. The largest absolute Gasteiger partial charge is 0.351 e. The SMILES string of the molecule is CC(C)NS(=O)(=O)Cc1ccc(CNC(=O)CSCc2nc3ccccc3s2)cc1. The molecule has 0 fully saturated rings. The molecule has 160 valence electrons. The molecule has 0 aliphatic carbocycles. The molecule has 0 aliphatic heterocycles. The van der Waals surface area contributed by atoms with Gasteiger partial charge in [0.25, 0.3) is 0 Å². The van der Waals surface area contributed by atoms with Gasteiger partial charge in [0, 0.05) is 18.3 Å². The molecular formula is C21H25N3O3S3. The van der Waals surface area contributed by atoms with Crippen LogP contribution in [0.5, 0.6) is 0 Å². The maximum absolute atomic E-state index is 12.1. The predicted molar refractivity (Wildman–Crippen MR) is 125 cm³/mol. The number of para-hydroxylation sites is 1. The summed E-state index contributed by atoms with van der Waals surface area (Å²) in [5.41, 5.74) is 2.64. The van der Waals surface area contributed by atoms with Crippen molar-refractivity contribution in [2.24, 2.45) is 0 Å². The fourth-order valence-electron chi connectivity index (χ4n) is 2.84. The normalized spacial score (nSPS) is 11.8. The maximum Gasteiger partial charge on any atom is 0.230 e. The number of fused-ring (bicyclic) bond motifs is 1. The molecule has 3 rings (SSSR count). The Morgan fingerprint density at radius 3 is 2.50 bits per heavy atom. The summed E-state index contributed by atoms with van der Waals surface area (Å²) in [6.45, 7) is 4.00. The van der Waals surface area contributed by atoms with Crippen molar-refractivity contribution in [3.8, 4) is 0 Å². The third kappa shape index (κ3) is 7.09. The van der Waals surface area contributed by atoms with Gasteiger partial charge in [-0.15, -0.1) is 23.1 Å². The molecule has 0 atom stereocenters. The summed E-state index contributed by atoms with van der Waals surface area (Å²) < 4.78 is 27.7. The number of amides is 1. The van der Waals surface area contributed by atoms with Gasteiger partial charge in [0.2, 0.25) is 15.9 Å². The van der Waals surface area contributed by atoms with E-state index in [1.165, 1.54) is 0 Å². The summed E-state index contributed by atoms with van der Waals surface area (Å²) >= 11 is 3.20. The number of rotatable bonds is 10. The Labute approximate surface area is 185 Å². The molecule has 1 heterocycles. The van der Waals surface area contributed by atoms with Crippen molar-refractivity contribution in [1.82, 2.24) is 15.0 Å². The van der Waals surface area contributed by atoms with Crippen LogP contribution in [0.3, 0.4) is 0 Å². The fourth-order valence-corrected chi connectivity index (χ4v) is 6.15. The van der Waals surface area contributed by atoms with E-state index in [-0.39, 0.29) is 17.7 Å². The quantitative estimate of drug-likeness (QED) is 0.479. The van der Waals surface area contributed by atoms with Crippen molar-refractivity contribution < 1.29 is 13.2 Å². The molecule has 1 aromatic heterocycles. The molecule has 0 saturated carbocycles. The van der Waals surface area contributed by atoms with E-state index >= 15 is 0 Å². The lowest BCUT2D eigenvalue weighted by molar-refractivity contribution is -0.118. The lowest BCUT2D eigenvalue weighted by atomic mass is 10.1. The monoisotopic (exact) mass is 463 g/mol. The van der Waals surface area contributed by atoms with Gasteiger partial charge in [0.1, 0.15) is 5.01 Å². The maximum atomic E-state index is 12.1. The topological polar surface area (TPSA) is 88.2 Å². The van der Waals surface area contributed by atoms with Crippen molar-refractivity contribution in [2.75, 3.05) is 5.75 Å². The Balaban J connectivity index is 1.41. The van der Waals surface area contributed by atoms with E-state index < -0.39 is 10.0 Å². The Hall–Kier alpha value is -1.94. The number of benzene rings is 2. The highest BCUT2D eigenvalue weighted by molar-refractivity contribution is 7.99. The average molecular weight is 464 g/mol. The number of sulfonamides is 1. The van der Waals surface area contributed by atoms with Crippen molar-refractivity contribution in [3.05, 3.63) is 64.7 Å². The van der Waals surface area contributed by atoms with E-state index in [9.17, 15) is 13.2 Å². The highest BCUT2D eigenvalue weighted by Crippen LogP contribution is 2.24. The standard InChI is InChI=1S/C21H25N3O3S3/c1-15(2)24-30(26,27)14-17-9-7-16(8-10-17)11-22-20(25)12-28-13-21-23-18-5-3-4-6-19(18)29-21/h3-10,15,24H,11-14H2,1-2H3,(H,22,25). The van der Waals surface area contributed by atoms with Gasteiger partial charge in [-0.25, -0.2) is 18.1 Å². The van der Waals surface area contributed by atoms with E-state index in [0.717, 1.165) is 20.8 Å². The van der Waals surface area contributed by atoms with Crippen LogP contribution in [0.25, 0.3) is 10.2 Å². The third-order valence-electron chi connectivity index (χ3n) is 4.08. The molecule has 1 amide bonds. The molecule has 30 heavy (non-hydrogen) atoms. The molecule has 2 N–H and O–H groups in total. The van der Waals surface area contributed by atoms with E-state index in [2.05, 4.69) is 21.1 Å². The van der Waals surface area contributed by atoms with Gasteiger partial charge in [0.05, 0.1) is 21.7 Å². The van der Waals surface area contributed by atoms with Crippen LogP contribution in [0.4, 0.5) is 0 Å². The van der Waals surface area contributed by atoms with E-state index in [0.29, 0.717) is 23.6 Å². The molecule has 0 spiro atoms.